The second-order valence-electron chi connectivity index (χ2n) is 5.55. The molecule has 7 nitrogen and oxygen atoms in total. The second-order valence-corrected chi connectivity index (χ2v) is 5.55. The lowest BCUT2D eigenvalue weighted by Crippen LogP contribution is -2.28. The van der Waals surface area contributed by atoms with E-state index >= 15 is 0 Å². The first-order valence-corrected chi connectivity index (χ1v) is 7.19. The maximum Gasteiger partial charge on any atom is 0.282 e. The van der Waals surface area contributed by atoms with Crippen LogP contribution < -0.4 is 15.0 Å². The van der Waals surface area contributed by atoms with Gasteiger partial charge in [0.1, 0.15) is 5.56 Å². The number of fused-ring (bicyclic) bond motifs is 2. The van der Waals surface area contributed by atoms with Crippen molar-refractivity contribution in [1.82, 2.24) is 10.2 Å². The van der Waals surface area contributed by atoms with Gasteiger partial charge in [0.15, 0.2) is 11.5 Å². The van der Waals surface area contributed by atoms with Gasteiger partial charge in [-0.1, -0.05) is 6.07 Å². The van der Waals surface area contributed by atoms with E-state index in [-0.39, 0.29) is 12.4 Å². The molecule has 0 saturated heterocycles. The van der Waals surface area contributed by atoms with Crippen molar-refractivity contribution in [3.63, 3.8) is 0 Å². The zero-order chi connectivity index (χ0) is 16.0. The van der Waals surface area contributed by atoms with Crippen LogP contribution in [0.3, 0.4) is 0 Å². The molecule has 23 heavy (non-hydrogen) atoms. The molecule has 0 unspecified atom stereocenters. The Morgan fingerprint density at radius 3 is 2.91 bits per heavy atom. The van der Waals surface area contributed by atoms with Gasteiger partial charge in [-0.15, -0.1) is 0 Å². The topological polar surface area (TPSA) is 93.6 Å². The van der Waals surface area contributed by atoms with Gasteiger partial charge in [0.05, 0.1) is 5.69 Å². The summed E-state index contributed by atoms with van der Waals surface area (Å²) < 4.78 is 10.7. The van der Waals surface area contributed by atoms with Crippen molar-refractivity contribution in [2.24, 2.45) is 4.99 Å². The van der Waals surface area contributed by atoms with Gasteiger partial charge >= 0.3 is 0 Å². The average Bonchev–Trinajstić information content (AvgIpc) is 2.97. The summed E-state index contributed by atoms with van der Waals surface area (Å²) in [6.45, 7) is 1.99. The number of aromatic nitrogens is 2. The van der Waals surface area contributed by atoms with Crippen LogP contribution in [0.25, 0.3) is 0 Å². The van der Waals surface area contributed by atoms with Crippen LogP contribution in [0.4, 0.5) is 0 Å². The summed E-state index contributed by atoms with van der Waals surface area (Å²) in [5.41, 5.74) is 2.58. The lowest BCUT2D eigenvalue weighted by atomic mass is 9.95. The number of ether oxygens (including phenoxy) is 2. The number of nitrogens with one attached hydrogen (secondary N) is 1. The summed E-state index contributed by atoms with van der Waals surface area (Å²) in [6.07, 6.45) is 0.939. The summed E-state index contributed by atoms with van der Waals surface area (Å²) in [5, 5.41) is 6.53. The highest BCUT2D eigenvalue weighted by Crippen LogP contribution is 2.33. The highest BCUT2D eigenvalue weighted by molar-refractivity contribution is 6.08. The van der Waals surface area contributed by atoms with Crippen LogP contribution in [-0.4, -0.2) is 28.6 Å². The van der Waals surface area contributed by atoms with E-state index in [0.717, 1.165) is 5.56 Å². The number of nitrogens with zero attached hydrogens (tertiary/aromatic N) is 2. The second kappa shape index (κ2) is 5.05. The summed E-state index contributed by atoms with van der Waals surface area (Å²) in [7, 11) is 0. The van der Waals surface area contributed by atoms with E-state index in [9.17, 15) is 9.59 Å². The third-order valence-corrected chi connectivity index (χ3v) is 3.92. The molecule has 2 aliphatic rings. The zero-order valence-electron chi connectivity index (χ0n) is 12.4. The van der Waals surface area contributed by atoms with Crippen LogP contribution in [0.2, 0.25) is 0 Å². The first-order valence-electron chi connectivity index (χ1n) is 7.19. The van der Waals surface area contributed by atoms with E-state index in [2.05, 4.69) is 15.2 Å². The van der Waals surface area contributed by atoms with Gasteiger partial charge in [-0.25, -0.2) is 10.1 Å². The third-order valence-electron chi connectivity index (χ3n) is 3.92. The Hall–Kier alpha value is -2.96. The molecule has 1 aromatic carbocycles. The van der Waals surface area contributed by atoms with E-state index in [4.69, 9.17) is 9.47 Å². The molecule has 1 aromatic heterocycles. The van der Waals surface area contributed by atoms with Gasteiger partial charge < -0.3 is 9.47 Å². The van der Waals surface area contributed by atoms with E-state index in [0.29, 0.717) is 41.3 Å². The zero-order valence-corrected chi connectivity index (χ0v) is 12.4. The normalized spacial score (nSPS) is 15.3. The number of H-pyrrole nitrogens is 1. The maximum absolute atomic E-state index is 12.0. The predicted octanol–water partition coefficient (Wildman–Crippen LogP) is 1.25. The van der Waals surface area contributed by atoms with Crippen molar-refractivity contribution in [3.8, 4) is 11.5 Å². The van der Waals surface area contributed by atoms with Crippen LogP contribution in [0, 0.1) is 0 Å². The Bertz CT molecular complexity index is 914. The minimum atomic E-state index is -0.501. The smallest absolute Gasteiger partial charge is 0.282 e. The molecule has 2 aromatic rings. The minimum absolute atomic E-state index is 0.0985. The molecule has 7 heteroatoms. The van der Waals surface area contributed by atoms with E-state index in [1.54, 1.807) is 6.92 Å². The van der Waals surface area contributed by atoms with Gasteiger partial charge in [0.25, 0.3) is 11.5 Å². The minimum Gasteiger partial charge on any atom is -0.454 e. The molecule has 0 spiro atoms. The lowest BCUT2D eigenvalue weighted by Gasteiger charge is -2.15. The number of carbonyl (C=O) groups is 1. The fourth-order valence-electron chi connectivity index (χ4n) is 2.85. The largest absolute Gasteiger partial charge is 0.454 e. The van der Waals surface area contributed by atoms with Gasteiger partial charge in [-0.2, -0.15) is 5.10 Å². The maximum atomic E-state index is 12.0. The Labute approximate surface area is 131 Å². The van der Waals surface area contributed by atoms with Crippen LogP contribution in [0.1, 0.15) is 34.1 Å². The quantitative estimate of drug-likeness (QED) is 0.900. The Balaban J connectivity index is 1.75. The first kappa shape index (κ1) is 13.7. The van der Waals surface area contributed by atoms with Crippen molar-refractivity contribution in [1.29, 1.82) is 0 Å². The molecule has 3 heterocycles. The Kier molecular flexibility index (Phi) is 3.00. The monoisotopic (exact) mass is 311 g/mol. The summed E-state index contributed by atoms with van der Waals surface area (Å²) >= 11 is 0. The average molecular weight is 311 g/mol. The number of benzene rings is 1. The Morgan fingerprint density at radius 1 is 1.22 bits per heavy atom. The number of aliphatic imine (C=N–C) groups is 1. The van der Waals surface area contributed by atoms with Crippen molar-refractivity contribution >= 4 is 11.6 Å². The lowest BCUT2D eigenvalue weighted by molar-refractivity contribution is 0.0998. The first-order chi connectivity index (χ1) is 11.1. The number of aromatic amines is 1. The third kappa shape index (κ3) is 2.30. The fraction of sp³-hybridized carbons (Fsp3) is 0.250. The Morgan fingerprint density at radius 2 is 2.04 bits per heavy atom. The van der Waals surface area contributed by atoms with Crippen LogP contribution in [0.5, 0.6) is 11.5 Å². The molecule has 0 fully saturated rings. The SMILES string of the molecule is CC1=NC(=O)c2c(c(Cc3ccc4c(c3)OCO4)n[nH]c2=O)C1. The van der Waals surface area contributed by atoms with Gasteiger partial charge in [0, 0.05) is 18.6 Å². The molecular weight excluding hydrogens is 298 g/mol. The van der Waals surface area contributed by atoms with Crippen LogP contribution in [-0.2, 0) is 12.8 Å². The summed E-state index contributed by atoms with van der Waals surface area (Å²) in [4.78, 5) is 27.8. The van der Waals surface area contributed by atoms with Crippen LogP contribution in [0.15, 0.2) is 28.0 Å². The number of rotatable bonds is 2. The van der Waals surface area contributed by atoms with Gasteiger partial charge in [-0.3, -0.25) is 9.59 Å². The van der Waals surface area contributed by atoms with Crippen molar-refractivity contribution in [2.45, 2.75) is 19.8 Å². The molecule has 0 aliphatic carbocycles. The molecule has 2 aliphatic heterocycles. The van der Waals surface area contributed by atoms with Crippen molar-refractivity contribution < 1.29 is 14.3 Å². The molecule has 0 bridgehead atoms. The fourth-order valence-corrected chi connectivity index (χ4v) is 2.85. The summed E-state index contributed by atoms with van der Waals surface area (Å²) in [6, 6.07) is 5.64. The van der Waals surface area contributed by atoms with Gasteiger partial charge in [-0.05, 0) is 30.2 Å². The molecule has 0 saturated carbocycles. The highest BCUT2D eigenvalue weighted by Gasteiger charge is 2.25. The standard InChI is InChI=1S/C16H13N3O4/c1-8-4-10-11(18-19-16(21)14(10)15(20)17-8)5-9-2-3-12-13(6-9)23-7-22-12/h2-3,6H,4-5,7H2,1H3,(H,19,21). The molecule has 116 valence electrons. The van der Waals surface area contributed by atoms with E-state index in [1.165, 1.54) is 0 Å². The number of hydrogen-bond donors (Lipinski definition) is 1. The van der Waals surface area contributed by atoms with Crippen molar-refractivity contribution in [2.75, 3.05) is 6.79 Å². The number of amides is 1. The molecule has 4 rings (SSSR count). The number of carbonyl (C=O) groups excluding carboxylic acids is 1. The van der Waals surface area contributed by atoms with Gasteiger partial charge in [0.2, 0.25) is 6.79 Å². The number of hydrogen-bond acceptors (Lipinski definition) is 5. The van der Waals surface area contributed by atoms with Crippen molar-refractivity contribution in [3.05, 3.63) is 50.9 Å². The highest BCUT2D eigenvalue weighted by atomic mass is 16.7. The molecule has 0 atom stereocenters. The molecule has 0 radical (unpaired) electrons. The molecule has 1 N–H and O–H groups in total. The van der Waals surface area contributed by atoms with E-state index in [1.807, 2.05) is 18.2 Å². The summed E-state index contributed by atoms with van der Waals surface area (Å²) in [5.74, 6) is 0.900. The molecule has 1 amide bonds. The predicted molar refractivity (Wildman–Crippen MR) is 81.4 cm³/mol. The van der Waals surface area contributed by atoms with E-state index < -0.39 is 11.5 Å². The van der Waals surface area contributed by atoms with Crippen LogP contribution >= 0.6 is 0 Å². The molecular formula is C16H13N3O4.